The van der Waals surface area contributed by atoms with Crippen molar-refractivity contribution in [2.24, 2.45) is 0 Å². The molecule has 0 fully saturated rings. The maximum absolute atomic E-state index is 13.1. The standard InChI is InChI=1S/C39H43N7O6/c1-24-11-13-40-19-30(24)33-15-27-16-37(45-39(47)44-34-21-41-32(34)12-14-48-2)42-20-31(27)38(43-33)46(22-25-7-9-28(49-3)17-35(25)51-5)23-26-8-10-29(50-4)18-36(26)52-6/h7-11,13,15-21,32,41H,12,14,22-23H2,1-6H3,(H2,42,44,45,47). The summed E-state index contributed by atoms with van der Waals surface area (Å²) in [4.78, 5) is 29.6. The van der Waals surface area contributed by atoms with Crippen molar-refractivity contribution in [3.63, 3.8) is 0 Å². The van der Waals surface area contributed by atoms with E-state index < -0.39 is 0 Å². The molecule has 0 bridgehead atoms. The summed E-state index contributed by atoms with van der Waals surface area (Å²) in [5.41, 5.74) is 5.24. The molecule has 52 heavy (non-hydrogen) atoms. The molecule has 3 N–H and O–H groups in total. The molecule has 0 radical (unpaired) electrons. The first-order chi connectivity index (χ1) is 25.3. The van der Waals surface area contributed by atoms with Crippen LogP contribution in [-0.2, 0) is 17.8 Å². The molecule has 3 aromatic heterocycles. The number of amides is 2. The summed E-state index contributed by atoms with van der Waals surface area (Å²) >= 11 is 0. The quantitative estimate of drug-likeness (QED) is 0.114. The molecule has 5 aromatic rings. The molecule has 2 aromatic carbocycles. The van der Waals surface area contributed by atoms with Gasteiger partial charge in [-0.2, -0.15) is 0 Å². The number of hydrogen-bond acceptors (Lipinski definition) is 11. The number of carbonyl (C=O) groups is 1. The van der Waals surface area contributed by atoms with Crippen molar-refractivity contribution >= 4 is 28.4 Å². The molecule has 13 nitrogen and oxygen atoms in total. The molecule has 0 saturated carbocycles. The number of carbonyl (C=O) groups excluding carboxylic acids is 1. The highest BCUT2D eigenvalue weighted by molar-refractivity contribution is 5.98. The van der Waals surface area contributed by atoms with Gasteiger partial charge >= 0.3 is 6.03 Å². The van der Waals surface area contributed by atoms with Crippen molar-refractivity contribution < 1.29 is 28.5 Å². The molecule has 0 saturated heterocycles. The second-order valence-corrected chi connectivity index (χ2v) is 12.2. The number of aromatic nitrogens is 3. The van der Waals surface area contributed by atoms with Crippen LogP contribution in [0.2, 0.25) is 0 Å². The minimum atomic E-state index is -0.389. The zero-order valence-corrected chi connectivity index (χ0v) is 30.1. The summed E-state index contributed by atoms with van der Waals surface area (Å²) in [6, 6.07) is 16.9. The van der Waals surface area contributed by atoms with Crippen LogP contribution < -0.4 is 39.8 Å². The van der Waals surface area contributed by atoms with E-state index in [0.29, 0.717) is 54.3 Å². The average Bonchev–Trinajstić information content (AvgIpc) is 3.16. The van der Waals surface area contributed by atoms with Gasteiger partial charge in [0.05, 0.1) is 45.9 Å². The number of aryl methyl sites for hydroxylation is 1. The van der Waals surface area contributed by atoms with Crippen molar-refractivity contribution in [1.29, 1.82) is 0 Å². The number of rotatable bonds is 15. The lowest BCUT2D eigenvalue weighted by atomic mass is 10.0. The van der Waals surface area contributed by atoms with Gasteiger partial charge in [-0.05, 0) is 66.8 Å². The van der Waals surface area contributed by atoms with E-state index in [1.165, 1.54) is 0 Å². The molecule has 1 aliphatic heterocycles. The molecule has 0 spiro atoms. The molecule has 1 atom stereocenters. The second kappa shape index (κ2) is 16.3. The first-order valence-electron chi connectivity index (χ1n) is 16.8. The topological polar surface area (TPSA) is 141 Å². The number of urea groups is 1. The molecule has 1 aliphatic rings. The Balaban J connectivity index is 1.44. The number of anilines is 2. The van der Waals surface area contributed by atoms with E-state index >= 15 is 0 Å². The highest BCUT2D eigenvalue weighted by atomic mass is 16.5. The summed E-state index contributed by atoms with van der Waals surface area (Å²) in [5, 5.41) is 10.6. The monoisotopic (exact) mass is 705 g/mol. The Kier molecular flexibility index (Phi) is 11.2. The number of hydrogen-bond donors (Lipinski definition) is 3. The lowest BCUT2D eigenvalue weighted by molar-refractivity contribution is 0.185. The van der Waals surface area contributed by atoms with E-state index in [1.54, 1.807) is 54.1 Å². The molecule has 4 heterocycles. The number of nitrogens with zero attached hydrogens (tertiary/aromatic N) is 4. The number of benzene rings is 2. The van der Waals surface area contributed by atoms with E-state index in [-0.39, 0.29) is 12.1 Å². The van der Waals surface area contributed by atoms with E-state index in [9.17, 15) is 4.79 Å². The Morgan fingerprint density at radius 3 is 2.12 bits per heavy atom. The Bertz CT molecular complexity index is 2030. The largest absolute Gasteiger partial charge is 0.497 e. The van der Waals surface area contributed by atoms with Gasteiger partial charge in [0.2, 0.25) is 0 Å². The maximum Gasteiger partial charge on any atom is 0.324 e. The molecular formula is C39H43N7O6. The number of fused-ring (bicyclic) bond motifs is 1. The fourth-order valence-corrected chi connectivity index (χ4v) is 6.05. The molecule has 6 rings (SSSR count). The van der Waals surface area contributed by atoms with Crippen LogP contribution in [0.1, 0.15) is 23.1 Å². The van der Waals surface area contributed by atoms with Gasteiger partial charge in [0.1, 0.15) is 34.6 Å². The van der Waals surface area contributed by atoms with Gasteiger partial charge in [0, 0.05) is 85.8 Å². The smallest absolute Gasteiger partial charge is 0.324 e. The van der Waals surface area contributed by atoms with Crippen molar-refractivity contribution in [2.45, 2.75) is 32.5 Å². The molecule has 13 heteroatoms. The molecular weight excluding hydrogens is 662 g/mol. The highest BCUT2D eigenvalue weighted by Crippen LogP contribution is 2.36. The van der Waals surface area contributed by atoms with E-state index in [0.717, 1.165) is 50.8 Å². The van der Waals surface area contributed by atoms with E-state index in [2.05, 4.69) is 30.8 Å². The van der Waals surface area contributed by atoms with Crippen molar-refractivity contribution in [3.05, 3.63) is 102 Å². The van der Waals surface area contributed by atoms with Crippen LogP contribution in [0.15, 0.2) is 85.1 Å². The number of ether oxygens (including phenoxy) is 5. The van der Waals surface area contributed by atoms with Crippen molar-refractivity contribution in [3.8, 4) is 34.3 Å². The number of pyridine rings is 3. The van der Waals surface area contributed by atoms with Gasteiger partial charge in [0.25, 0.3) is 0 Å². The Hall–Kier alpha value is -6.08. The predicted octanol–water partition coefficient (Wildman–Crippen LogP) is 6.21. The Labute approximate surface area is 302 Å². The van der Waals surface area contributed by atoms with E-state index in [1.807, 2.05) is 67.7 Å². The zero-order valence-electron chi connectivity index (χ0n) is 30.1. The van der Waals surface area contributed by atoms with Gasteiger partial charge in [-0.1, -0.05) is 0 Å². The van der Waals surface area contributed by atoms with Crippen molar-refractivity contribution in [1.82, 2.24) is 25.6 Å². The Morgan fingerprint density at radius 2 is 1.54 bits per heavy atom. The first kappa shape index (κ1) is 35.7. The maximum atomic E-state index is 13.1. The van der Waals surface area contributed by atoms with Crippen LogP contribution in [-0.4, -0.2) is 69.2 Å². The fourth-order valence-electron chi connectivity index (χ4n) is 6.05. The van der Waals surface area contributed by atoms with Crippen LogP contribution >= 0.6 is 0 Å². The van der Waals surface area contributed by atoms with Crippen LogP contribution in [0.4, 0.5) is 16.4 Å². The van der Waals surface area contributed by atoms with Crippen LogP contribution in [0.3, 0.4) is 0 Å². The minimum absolute atomic E-state index is 0.0220. The number of methoxy groups -OCH3 is 5. The third kappa shape index (κ3) is 7.94. The Morgan fingerprint density at radius 1 is 0.846 bits per heavy atom. The van der Waals surface area contributed by atoms with Gasteiger partial charge in [-0.25, -0.2) is 14.8 Å². The molecule has 1 unspecified atom stereocenters. The van der Waals surface area contributed by atoms with Crippen molar-refractivity contribution in [2.75, 3.05) is 52.4 Å². The van der Waals surface area contributed by atoms with Crippen LogP contribution in [0.25, 0.3) is 22.0 Å². The van der Waals surface area contributed by atoms with Crippen LogP contribution in [0, 0.1) is 6.92 Å². The lowest BCUT2D eigenvalue weighted by Gasteiger charge is -2.29. The minimum Gasteiger partial charge on any atom is -0.497 e. The summed E-state index contributed by atoms with van der Waals surface area (Å²) in [6.45, 7) is 3.43. The molecule has 0 aliphatic carbocycles. The van der Waals surface area contributed by atoms with Gasteiger partial charge < -0.3 is 39.2 Å². The summed E-state index contributed by atoms with van der Waals surface area (Å²) in [6.07, 6.45) is 7.83. The van der Waals surface area contributed by atoms with Gasteiger partial charge in [-0.3, -0.25) is 10.3 Å². The fraction of sp³-hybridized carbons (Fsp3) is 0.282. The summed E-state index contributed by atoms with van der Waals surface area (Å²) < 4.78 is 27.8. The zero-order chi connectivity index (χ0) is 36.6. The van der Waals surface area contributed by atoms with Gasteiger partial charge in [0.15, 0.2) is 0 Å². The summed E-state index contributed by atoms with van der Waals surface area (Å²) in [7, 11) is 8.18. The SMILES string of the molecule is COCCC1NC=C1NC(=O)Nc1cc2cc(-c3cnccc3C)nc(N(Cc3ccc(OC)cc3OC)Cc3ccc(OC)cc3OC)c2cn1. The normalized spacial score (nSPS) is 13.3. The average molecular weight is 706 g/mol. The first-order valence-corrected chi connectivity index (χ1v) is 16.8. The van der Waals surface area contributed by atoms with Crippen LogP contribution in [0.5, 0.6) is 23.0 Å². The lowest BCUT2D eigenvalue weighted by Crippen LogP contribution is -2.46. The number of nitrogens with one attached hydrogen (secondary N) is 3. The second-order valence-electron chi connectivity index (χ2n) is 12.2. The molecule has 2 amide bonds. The molecule has 270 valence electrons. The highest BCUT2D eigenvalue weighted by Gasteiger charge is 2.24. The van der Waals surface area contributed by atoms with Gasteiger partial charge in [-0.15, -0.1) is 0 Å². The third-order valence-corrected chi connectivity index (χ3v) is 8.95. The third-order valence-electron chi connectivity index (χ3n) is 8.95. The van der Waals surface area contributed by atoms with E-state index in [4.69, 9.17) is 28.7 Å². The summed E-state index contributed by atoms with van der Waals surface area (Å²) in [5.74, 6) is 3.77. The predicted molar refractivity (Wildman–Crippen MR) is 200 cm³/mol.